The highest BCUT2D eigenvalue weighted by Crippen LogP contribution is 2.34. The Bertz CT molecular complexity index is 587. The zero-order valence-corrected chi connectivity index (χ0v) is 14.6. The van der Waals surface area contributed by atoms with Gasteiger partial charge in [-0.15, -0.1) is 11.3 Å². The van der Waals surface area contributed by atoms with Crippen molar-refractivity contribution in [2.45, 2.75) is 25.8 Å². The SMILES string of the molecule is CCCNC(Cc1ccc(F)cc1Br)c1sccc1OC. The van der Waals surface area contributed by atoms with E-state index in [9.17, 15) is 4.39 Å². The molecule has 1 N–H and O–H groups in total. The molecule has 0 aliphatic heterocycles. The Kier molecular flexibility index (Phi) is 6.21. The van der Waals surface area contributed by atoms with E-state index in [-0.39, 0.29) is 11.9 Å². The minimum absolute atomic E-state index is 0.168. The first kappa shape index (κ1) is 16.5. The Morgan fingerprint density at radius 2 is 2.19 bits per heavy atom. The highest BCUT2D eigenvalue weighted by atomic mass is 79.9. The van der Waals surface area contributed by atoms with Crippen LogP contribution >= 0.6 is 27.3 Å². The number of rotatable bonds is 7. The van der Waals surface area contributed by atoms with Gasteiger partial charge in [-0.2, -0.15) is 0 Å². The van der Waals surface area contributed by atoms with Crippen LogP contribution < -0.4 is 10.1 Å². The Hall–Kier alpha value is -0.910. The van der Waals surface area contributed by atoms with Crippen molar-refractivity contribution in [2.75, 3.05) is 13.7 Å². The van der Waals surface area contributed by atoms with E-state index in [1.54, 1.807) is 18.4 Å². The third kappa shape index (κ3) is 4.28. The monoisotopic (exact) mass is 371 g/mol. The van der Waals surface area contributed by atoms with Gasteiger partial charge in [-0.05, 0) is 48.5 Å². The van der Waals surface area contributed by atoms with Crippen LogP contribution in [0.3, 0.4) is 0 Å². The fourth-order valence-corrected chi connectivity index (χ4v) is 3.66. The Morgan fingerprint density at radius 1 is 1.38 bits per heavy atom. The van der Waals surface area contributed by atoms with Crippen LogP contribution in [0.2, 0.25) is 0 Å². The third-order valence-corrected chi connectivity index (χ3v) is 5.02. The normalized spacial score (nSPS) is 12.4. The van der Waals surface area contributed by atoms with Crippen LogP contribution in [-0.2, 0) is 6.42 Å². The minimum atomic E-state index is -0.225. The summed E-state index contributed by atoms with van der Waals surface area (Å²) in [4.78, 5) is 1.18. The first-order valence-electron chi connectivity index (χ1n) is 6.94. The standard InChI is InChI=1S/C16H19BrFNOS/c1-3-7-19-14(16-15(20-2)6-8-21-16)9-11-4-5-12(18)10-13(11)17/h4-6,8,10,14,19H,3,7,9H2,1-2H3. The molecule has 5 heteroatoms. The molecule has 1 unspecified atom stereocenters. The minimum Gasteiger partial charge on any atom is -0.496 e. The van der Waals surface area contributed by atoms with Crippen molar-refractivity contribution in [1.29, 1.82) is 0 Å². The number of nitrogens with one attached hydrogen (secondary N) is 1. The largest absolute Gasteiger partial charge is 0.496 e. The molecular weight excluding hydrogens is 353 g/mol. The number of ether oxygens (including phenoxy) is 1. The topological polar surface area (TPSA) is 21.3 Å². The Morgan fingerprint density at radius 3 is 2.86 bits per heavy atom. The van der Waals surface area contributed by atoms with Crippen LogP contribution in [0, 0.1) is 5.82 Å². The fraction of sp³-hybridized carbons (Fsp3) is 0.375. The molecule has 0 bridgehead atoms. The summed E-state index contributed by atoms with van der Waals surface area (Å²) < 4.78 is 19.5. The number of methoxy groups -OCH3 is 1. The van der Waals surface area contributed by atoms with E-state index in [0.29, 0.717) is 0 Å². The van der Waals surface area contributed by atoms with Crippen LogP contribution in [0.15, 0.2) is 34.1 Å². The molecule has 1 aromatic heterocycles. The molecule has 0 fully saturated rings. The van der Waals surface area contributed by atoms with Gasteiger partial charge in [0.25, 0.3) is 0 Å². The molecule has 1 aromatic carbocycles. The number of hydrogen-bond acceptors (Lipinski definition) is 3. The lowest BCUT2D eigenvalue weighted by atomic mass is 10.0. The molecule has 0 saturated heterocycles. The number of thiophene rings is 1. The van der Waals surface area contributed by atoms with E-state index in [4.69, 9.17) is 4.74 Å². The van der Waals surface area contributed by atoms with E-state index < -0.39 is 0 Å². The molecule has 2 aromatic rings. The van der Waals surface area contributed by atoms with Crippen molar-refractivity contribution in [2.24, 2.45) is 0 Å². The maximum Gasteiger partial charge on any atom is 0.134 e. The lowest BCUT2D eigenvalue weighted by molar-refractivity contribution is 0.402. The Balaban J connectivity index is 2.24. The molecule has 1 atom stereocenters. The van der Waals surface area contributed by atoms with E-state index in [0.717, 1.165) is 35.2 Å². The number of benzene rings is 1. The van der Waals surface area contributed by atoms with Gasteiger partial charge in [-0.25, -0.2) is 4.39 Å². The quantitative estimate of drug-likeness (QED) is 0.743. The highest BCUT2D eigenvalue weighted by Gasteiger charge is 2.19. The molecule has 0 aliphatic rings. The molecule has 0 radical (unpaired) electrons. The van der Waals surface area contributed by atoms with E-state index >= 15 is 0 Å². The highest BCUT2D eigenvalue weighted by molar-refractivity contribution is 9.10. The van der Waals surface area contributed by atoms with Crippen LogP contribution in [0.4, 0.5) is 4.39 Å². The van der Waals surface area contributed by atoms with Gasteiger partial charge in [0.2, 0.25) is 0 Å². The smallest absolute Gasteiger partial charge is 0.134 e. The van der Waals surface area contributed by atoms with Gasteiger partial charge in [0, 0.05) is 10.5 Å². The number of hydrogen-bond donors (Lipinski definition) is 1. The van der Waals surface area contributed by atoms with Crippen molar-refractivity contribution in [3.05, 3.63) is 50.4 Å². The predicted octanol–water partition coefficient (Wildman–Crippen LogP) is 4.94. The second-order valence-electron chi connectivity index (χ2n) is 4.80. The fourth-order valence-electron chi connectivity index (χ4n) is 2.22. The first-order valence-corrected chi connectivity index (χ1v) is 8.61. The Labute approximate surface area is 137 Å². The van der Waals surface area contributed by atoms with Gasteiger partial charge < -0.3 is 10.1 Å². The molecule has 1 heterocycles. The van der Waals surface area contributed by atoms with Crippen molar-refractivity contribution in [3.63, 3.8) is 0 Å². The maximum atomic E-state index is 13.2. The molecule has 0 spiro atoms. The van der Waals surface area contributed by atoms with Gasteiger partial charge in [0.1, 0.15) is 11.6 Å². The van der Waals surface area contributed by atoms with E-state index in [2.05, 4.69) is 28.2 Å². The van der Waals surface area contributed by atoms with Crippen LogP contribution in [-0.4, -0.2) is 13.7 Å². The van der Waals surface area contributed by atoms with E-state index in [1.165, 1.54) is 17.0 Å². The summed E-state index contributed by atoms with van der Waals surface area (Å²) in [5.41, 5.74) is 1.08. The zero-order valence-electron chi connectivity index (χ0n) is 12.2. The summed E-state index contributed by atoms with van der Waals surface area (Å²) in [6.07, 6.45) is 1.85. The van der Waals surface area contributed by atoms with Crippen molar-refractivity contribution in [1.82, 2.24) is 5.32 Å². The average molecular weight is 372 g/mol. The molecule has 114 valence electrons. The second-order valence-corrected chi connectivity index (χ2v) is 6.60. The molecule has 0 saturated carbocycles. The summed E-state index contributed by atoms with van der Waals surface area (Å²) in [6, 6.07) is 7.00. The molecule has 0 amide bonds. The van der Waals surface area contributed by atoms with Gasteiger partial charge in [0.15, 0.2) is 0 Å². The van der Waals surface area contributed by atoms with Crippen LogP contribution in [0.1, 0.15) is 29.8 Å². The van der Waals surface area contributed by atoms with Crippen LogP contribution in [0.5, 0.6) is 5.75 Å². The van der Waals surface area contributed by atoms with Gasteiger partial charge in [-0.3, -0.25) is 0 Å². The molecule has 21 heavy (non-hydrogen) atoms. The first-order chi connectivity index (χ1) is 10.2. The van der Waals surface area contributed by atoms with Crippen molar-refractivity contribution < 1.29 is 9.13 Å². The summed E-state index contributed by atoms with van der Waals surface area (Å²) in [5.74, 6) is 0.684. The third-order valence-electron chi connectivity index (χ3n) is 3.27. The molecule has 0 aliphatic carbocycles. The average Bonchev–Trinajstić information content (AvgIpc) is 2.94. The van der Waals surface area contributed by atoms with Crippen molar-refractivity contribution >= 4 is 27.3 Å². The summed E-state index contributed by atoms with van der Waals surface area (Å²) in [7, 11) is 1.69. The van der Waals surface area contributed by atoms with Crippen LogP contribution in [0.25, 0.3) is 0 Å². The molecule has 2 rings (SSSR count). The molecule has 2 nitrogen and oxygen atoms in total. The molecular formula is C16H19BrFNOS. The van der Waals surface area contributed by atoms with Gasteiger partial charge in [0.05, 0.1) is 12.0 Å². The maximum absolute atomic E-state index is 13.2. The van der Waals surface area contributed by atoms with Crippen molar-refractivity contribution in [3.8, 4) is 5.75 Å². The summed E-state index contributed by atoms with van der Waals surface area (Å²) in [6.45, 7) is 3.08. The van der Waals surface area contributed by atoms with Gasteiger partial charge in [-0.1, -0.05) is 28.9 Å². The predicted molar refractivity (Wildman–Crippen MR) is 89.7 cm³/mol. The number of halogens is 2. The van der Waals surface area contributed by atoms with Gasteiger partial charge >= 0.3 is 0 Å². The lowest BCUT2D eigenvalue weighted by Crippen LogP contribution is -2.23. The second kappa shape index (κ2) is 7.92. The summed E-state index contributed by atoms with van der Waals surface area (Å²) in [5, 5.41) is 5.59. The van der Waals surface area contributed by atoms with E-state index in [1.807, 2.05) is 17.5 Å². The zero-order chi connectivity index (χ0) is 15.2. The summed E-state index contributed by atoms with van der Waals surface area (Å²) >= 11 is 5.13. The lowest BCUT2D eigenvalue weighted by Gasteiger charge is -2.19.